The van der Waals surface area contributed by atoms with Crippen molar-refractivity contribution in [2.24, 2.45) is 17.6 Å². The summed E-state index contributed by atoms with van der Waals surface area (Å²) in [6.45, 7) is 7.86. The van der Waals surface area contributed by atoms with Gasteiger partial charge >= 0.3 is 5.97 Å². The number of fused-ring (bicyclic) bond motifs is 1. The summed E-state index contributed by atoms with van der Waals surface area (Å²) in [5.41, 5.74) is 7.70. The smallest absolute Gasteiger partial charge is 0.326 e. The number of carboxylic acids is 1. The average Bonchev–Trinajstić information content (AvgIpc) is 3.53. The maximum absolute atomic E-state index is 13.3. The summed E-state index contributed by atoms with van der Waals surface area (Å²) in [7, 11) is 0. The third-order valence-corrected chi connectivity index (χ3v) is 7.35. The van der Waals surface area contributed by atoms with Crippen LogP contribution in [0.25, 0.3) is 10.9 Å². The van der Waals surface area contributed by atoms with Gasteiger partial charge in [0, 0.05) is 30.1 Å². The zero-order valence-electron chi connectivity index (χ0n) is 22.0. The Morgan fingerprint density at radius 3 is 2.51 bits per heavy atom. The largest absolute Gasteiger partial charge is 0.480 e. The topological polar surface area (TPSA) is 158 Å². The Balaban J connectivity index is 1.73. The molecule has 1 aromatic heterocycles. The maximum Gasteiger partial charge on any atom is 0.326 e. The SMILES string of the molecule is CCC(C)C(NC(=O)C1CCCN1C(=O)C(N)C(C)C)C(=O)NC(Cc1c[nH]c2ccccc12)C(=O)O. The molecule has 202 valence electrons. The van der Waals surface area contributed by atoms with Crippen molar-refractivity contribution < 1.29 is 24.3 Å². The van der Waals surface area contributed by atoms with Crippen LogP contribution in [0.3, 0.4) is 0 Å². The van der Waals surface area contributed by atoms with Gasteiger partial charge in [-0.1, -0.05) is 52.3 Å². The predicted molar refractivity (Wildman–Crippen MR) is 141 cm³/mol. The molecule has 5 atom stereocenters. The Morgan fingerprint density at radius 1 is 1.16 bits per heavy atom. The monoisotopic (exact) mass is 513 g/mol. The van der Waals surface area contributed by atoms with Gasteiger partial charge in [-0.2, -0.15) is 0 Å². The fraction of sp³-hybridized carbons (Fsp3) is 0.556. The van der Waals surface area contributed by atoms with E-state index in [1.807, 2.05) is 52.0 Å². The number of benzene rings is 1. The minimum absolute atomic E-state index is 0.0689. The lowest BCUT2D eigenvalue weighted by atomic mass is 9.96. The Morgan fingerprint density at radius 2 is 1.86 bits per heavy atom. The number of aromatic amines is 1. The number of aromatic nitrogens is 1. The van der Waals surface area contributed by atoms with Gasteiger partial charge in [-0.05, 0) is 36.3 Å². The van der Waals surface area contributed by atoms with Crippen LogP contribution >= 0.6 is 0 Å². The first-order chi connectivity index (χ1) is 17.5. The molecule has 1 saturated heterocycles. The maximum atomic E-state index is 13.3. The highest BCUT2D eigenvalue weighted by Gasteiger charge is 2.39. The third kappa shape index (κ3) is 6.49. The van der Waals surface area contributed by atoms with Crippen molar-refractivity contribution in [1.29, 1.82) is 0 Å². The van der Waals surface area contributed by atoms with Gasteiger partial charge < -0.3 is 31.4 Å². The lowest BCUT2D eigenvalue weighted by molar-refractivity contribution is -0.143. The van der Waals surface area contributed by atoms with E-state index in [-0.39, 0.29) is 24.2 Å². The normalized spacial score (nSPS) is 18.9. The molecule has 1 aromatic carbocycles. The number of nitrogens with zero attached hydrogens (tertiary/aromatic N) is 1. The van der Waals surface area contributed by atoms with E-state index in [0.717, 1.165) is 16.5 Å². The van der Waals surface area contributed by atoms with E-state index in [9.17, 15) is 24.3 Å². The van der Waals surface area contributed by atoms with E-state index in [1.165, 1.54) is 4.90 Å². The zero-order chi connectivity index (χ0) is 27.3. The number of rotatable bonds is 11. The van der Waals surface area contributed by atoms with Crippen LogP contribution in [0.1, 0.15) is 52.5 Å². The number of carbonyl (C=O) groups excluding carboxylic acids is 3. The zero-order valence-corrected chi connectivity index (χ0v) is 22.0. The average molecular weight is 514 g/mol. The number of nitrogens with one attached hydrogen (secondary N) is 3. The number of carbonyl (C=O) groups is 4. The first kappa shape index (κ1) is 28.2. The number of carboxylic acid groups (broad SMARTS) is 1. The number of H-pyrrole nitrogens is 1. The molecule has 3 amide bonds. The molecule has 0 bridgehead atoms. The molecule has 6 N–H and O–H groups in total. The summed E-state index contributed by atoms with van der Waals surface area (Å²) in [5.74, 6) is -2.75. The fourth-order valence-corrected chi connectivity index (χ4v) is 4.71. The minimum atomic E-state index is -1.18. The number of likely N-dealkylation sites (tertiary alicyclic amines) is 1. The van der Waals surface area contributed by atoms with Gasteiger partial charge in [0.25, 0.3) is 0 Å². The second-order valence-electron chi connectivity index (χ2n) is 10.3. The summed E-state index contributed by atoms with van der Waals surface area (Å²) >= 11 is 0. The molecule has 3 rings (SSSR count). The van der Waals surface area contributed by atoms with Crippen molar-refractivity contribution in [2.45, 2.75) is 77.5 Å². The van der Waals surface area contributed by atoms with Crippen LogP contribution in [0, 0.1) is 11.8 Å². The standard InChI is InChI=1S/C27H39N5O5/c1-5-16(4)23(31-24(33)21-11-8-12-32(21)26(35)22(28)15(2)3)25(34)30-20(27(36)37)13-17-14-29-19-10-7-6-9-18(17)19/h6-7,9-10,14-16,20-23,29H,5,8,11-13,28H2,1-4H3,(H,30,34)(H,31,33)(H,36,37). The molecule has 1 fully saturated rings. The predicted octanol–water partition coefficient (Wildman–Crippen LogP) is 1.79. The summed E-state index contributed by atoms with van der Waals surface area (Å²) in [4.78, 5) is 56.1. The van der Waals surface area contributed by atoms with Gasteiger partial charge in [-0.3, -0.25) is 14.4 Å². The molecule has 0 aliphatic carbocycles. The number of nitrogens with two attached hydrogens (primary N) is 1. The van der Waals surface area contributed by atoms with Crippen LogP contribution in [0.2, 0.25) is 0 Å². The van der Waals surface area contributed by atoms with Gasteiger partial charge in [0.05, 0.1) is 6.04 Å². The van der Waals surface area contributed by atoms with Crippen LogP contribution in [0.15, 0.2) is 30.5 Å². The van der Waals surface area contributed by atoms with Crippen LogP contribution < -0.4 is 16.4 Å². The van der Waals surface area contributed by atoms with Gasteiger partial charge in [0.2, 0.25) is 17.7 Å². The van der Waals surface area contributed by atoms with Crippen LogP contribution in [-0.4, -0.2) is 69.4 Å². The molecule has 0 saturated carbocycles. The molecule has 0 radical (unpaired) electrons. The van der Waals surface area contributed by atoms with Gasteiger partial charge in [-0.15, -0.1) is 0 Å². The molecule has 10 nitrogen and oxygen atoms in total. The lowest BCUT2D eigenvalue weighted by Gasteiger charge is -2.31. The Labute approximate surface area is 217 Å². The molecule has 10 heteroatoms. The van der Waals surface area contributed by atoms with Crippen LogP contribution in [-0.2, 0) is 25.6 Å². The van der Waals surface area contributed by atoms with Crippen molar-refractivity contribution in [1.82, 2.24) is 20.5 Å². The number of hydrogen-bond acceptors (Lipinski definition) is 5. The first-order valence-electron chi connectivity index (χ1n) is 13.0. The summed E-state index contributed by atoms with van der Waals surface area (Å²) in [6.07, 6.45) is 3.57. The van der Waals surface area contributed by atoms with Crippen molar-refractivity contribution in [3.63, 3.8) is 0 Å². The number of aliphatic carboxylic acids is 1. The molecule has 1 aliphatic heterocycles. The molecule has 37 heavy (non-hydrogen) atoms. The van der Waals surface area contributed by atoms with Crippen molar-refractivity contribution in [2.75, 3.05) is 6.54 Å². The Hall–Kier alpha value is -3.40. The summed E-state index contributed by atoms with van der Waals surface area (Å²) in [6, 6.07) is 4.00. The quantitative estimate of drug-likeness (QED) is 0.308. The van der Waals surface area contributed by atoms with E-state index < -0.39 is 42.0 Å². The molecule has 0 spiro atoms. The second kappa shape index (κ2) is 12.2. The first-order valence-corrected chi connectivity index (χ1v) is 13.0. The highest BCUT2D eigenvalue weighted by atomic mass is 16.4. The Bertz CT molecular complexity index is 1130. The number of amides is 3. The van der Waals surface area contributed by atoms with Gasteiger partial charge in [-0.25, -0.2) is 4.79 Å². The molecule has 2 aromatic rings. The third-order valence-electron chi connectivity index (χ3n) is 7.35. The van der Waals surface area contributed by atoms with E-state index in [0.29, 0.717) is 25.8 Å². The van der Waals surface area contributed by atoms with Gasteiger partial charge in [0.15, 0.2) is 0 Å². The van der Waals surface area contributed by atoms with Crippen molar-refractivity contribution in [3.8, 4) is 0 Å². The van der Waals surface area contributed by atoms with E-state index >= 15 is 0 Å². The van der Waals surface area contributed by atoms with Crippen LogP contribution in [0.5, 0.6) is 0 Å². The molecule has 5 unspecified atom stereocenters. The second-order valence-corrected chi connectivity index (χ2v) is 10.3. The minimum Gasteiger partial charge on any atom is -0.480 e. The van der Waals surface area contributed by atoms with Crippen LogP contribution in [0.4, 0.5) is 0 Å². The van der Waals surface area contributed by atoms with Crippen molar-refractivity contribution >= 4 is 34.6 Å². The summed E-state index contributed by atoms with van der Waals surface area (Å²) in [5, 5.41) is 16.2. The molecular weight excluding hydrogens is 474 g/mol. The van der Waals surface area contributed by atoms with E-state index in [2.05, 4.69) is 15.6 Å². The summed E-state index contributed by atoms with van der Waals surface area (Å²) < 4.78 is 0. The number of para-hydroxylation sites is 1. The van der Waals surface area contributed by atoms with Gasteiger partial charge in [0.1, 0.15) is 18.1 Å². The highest BCUT2D eigenvalue weighted by Crippen LogP contribution is 2.22. The highest BCUT2D eigenvalue weighted by molar-refractivity contribution is 5.95. The van der Waals surface area contributed by atoms with E-state index in [4.69, 9.17) is 5.73 Å². The van der Waals surface area contributed by atoms with Crippen molar-refractivity contribution in [3.05, 3.63) is 36.0 Å². The molecule has 1 aliphatic rings. The number of hydrogen-bond donors (Lipinski definition) is 5. The lowest BCUT2D eigenvalue weighted by Crippen LogP contribution is -2.58. The van der Waals surface area contributed by atoms with E-state index in [1.54, 1.807) is 6.20 Å². The molecular formula is C27H39N5O5. The fourth-order valence-electron chi connectivity index (χ4n) is 4.71. The molecule has 2 heterocycles. The Kier molecular flexibility index (Phi) is 9.31.